The van der Waals surface area contributed by atoms with Crippen molar-refractivity contribution in [2.45, 2.75) is 32.0 Å². The Morgan fingerprint density at radius 2 is 2.07 bits per heavy atom. The van der Waals surface area contributed by atoms with Gasteiger partial charge in [0.1, 0.15) is 6.04 Å². The molecule has 0 saturated carbocycles. The second kappa shape index (κ2) is 6.92. The van der Waals surface area contributed by atoms with Crippen molar-refractivity contribution < 1.29 is 14.4 Å². The Morgan fingerprint density at radius 3 is 2.85 bits per heavy atom. The highest BCUT2D eigenvalue weighted by Crippen LogP contribution is 2.30. The van der Waals surface area contributed by atoms with Crippen LogP contribution in [0.1, 0.15) is 34.3 Å². The van der Waals surface area contributed by atoms with E-state index in [9.17, 15) is 14.4 Å². The molecule has 1 aromatic carbocycles. The van der Waals surface area contributed by atoms with Gasteiger partial charge in [0.2, 0.25) is 11.8 Å². The summed E-state index contributed by atoms with van der Waals surface area (Å²) in [6, 6.07) is 9.03. The molecule has 1 aromatic heterocycles. The zero-order valence-electron chi connectivity index (χ0n) is 15.0. The van der Waals surface area contributed by atoms with Crippen LogP contribution in [-0.2, 0) is 22.7 Å². The first-order valence-corrected chi connectivity index (χ1v) is 8.94. The van der Waals surface area contributed by atoms with Crippen LogP contribution in [0.5, 0.6) is 0 Å². The average molecular weight is 364 g/mol. The van der Waals surface area contributed by atoms with E-state index in [4.69, 9.17) is 0 Å². The van der Waals surface area contributed by atoms with Gasteiger partial charge in [-0.05, 0) is 48.9 Å². The van der Waals surface area contributed by atoms with Crippen molar-refractivity contribution in [2.75, 3.05) is 7.05 Å². The Kier molecular flexibility index (Phi) is 4.45. The van der Waals surface area contributed by atoms with Gasteiger partial charge >= 0.3 is 0 Å². The van der Waals surface area contributed by atoms with E-state index in [0.717, 1.165) is 28.9 Å². The van der Waals surface area contributed by atoms with Crippen molar-refractivity contribution in [2.24, 2.45) is 0 Å². The largest absolute Gasteiger partial charge is 0.322 e. The van der Waals surface area contributed by atoms with E-state index >= 15 is 0 Å². The van der Waals surface area contributed by atoms with Crippen LogP contribution in [0.2, 0.25) is 0 Å². The minimum atomic E-state index is -0.594. The lowest BCUT2D eigenvalue weighted by molar-refractivity contribution is -0.136. The summed E-state index contributed by atoms with van der Waals surface area (Å²) in [5.41, 5.74) is 4.39. The summed E-state index contributed by atoms with van der Waals surface area (Å²) in [5, 5.41) is 5.44. The van der Waals surface area contributed by atoms with Crippen LogP contribution in [0.15, 0.2) is 36.5 Å². The third kappa shape index (κ3) is 3.21. The van der Waals surface area contributed by atoms with E-state index in [0.29, 0.717) is 18.5 Å². The van der Waals surface area contributed by atoms with Gasteiger partial charge in [0, 0.05) is 36.8 Å². The van der Waals surface area contributed by atoms with Gasteiger partial charge in [0.15, 0.2) is 0 Å². The Balaban J connectivity index is 1.60. The normalized spacial score (nSPS) is 19.2. The Bertz CT molecular complexity index is 941. The maximum Gasteiger partial charge on any atom is 0.255 e. The van der Waals surface area contributed by atoms with E-state index in [-0.39, 0.29) is 18.2 Å². The first-order valence-electron chi connectivity index (χ1n) is 8.94. The number of hydrogen-bond acceptors (Lipinski definition) is 5. The van der Waals surface area contributed by atoms with E-state index < -0.39 is 11.9 Å². The molecule has 7 heteroatoms. The van der Waals surface area contributed by atoms with Gasteiger partial charge in [-0.2, -0.15) is 0 Å². The quantitative estimate of drug-likeness (QED) is 0.797. The SMILES string of the molecule is CNCc1ccnc(-c2ccc3c(c2)CN(C2CCC(=O)NC2=O)C3=O)c1. The van der Waals surface area contributed by atoms with Crippen molar-refractivity contribution in [1.29, 1.82) is 0 Å². The van der Waals surface area contributed by atoms with Crippen LogP contribution in [0.3, 0.4) is 0 Å². The zero-order valence-corrected chi connectivity index (χ0v) is 15.0. The van der Waals surface area contributed by atoms with Crippen LogP contribution >= 0.6 is 0 Å². The van der Waals surface area contributed by atoms with Crippen molar-refractivity contribution in [3.05, 3.63) is 53.2 Å². The molecule has 0 bridgehead atoms. The summed E-state index contributed by atoms with van der Waals surface area (Å²) >= 11 is 0. The first-order chi connectivity index (χ1) is 13.1. The molecule has 2 aliphatic rings. The first kappa shape index (κ1) is 17.4. The molecule has 4 rings (SSSR count). The van der Waals surface area contributed by atoms with Crippen LogP contribution in [0.4, 0.5) is 0 Å². The summed E-state index contributed by atoms with van der Waals surface area (Å²) in [6.07, 6.45) is 2.39. The predicted molar refractivity (Wildman–Crippen MR) is 98.5 cm³/mol. The molecule has 0 aliphatic carbocycles. The number of nitrogens with zero attached hydrogens (tertiary/aromatic N) is 2. The standard InChI is InChI=1S/C20H20N4O3/c1-21-10-12-6-7-22-16(8-12)13-2-3-15-14(9-13)11-24(20(15)27)17-4-5-18(25)23-19(17)26/h2-3,6-9,17,21H,4-5,10-11H2,1H3,(H,23,25,26). The Hall–Kier alpha value is -3.06. The van der Waals surface area contributed by atoms with E-state index in [1.807, 2.05) is 31.3 Å². The van der Waals surface area contributed by atoms with Crippen LogP contribution in [0, 0.1) is 0 Å². The molecule has 2 aromatic rings. The maximum absolute atomic E-state index is 12.7. The lowest BCUT2D eigenvalue weighted by Gasteiger charge is -2.29. The molecule has 1 saturated heterocycles. The number of carbonyl (C=O) groups excluding carboxylic acids is 3. The second-order valence-electron chi connectivity index (χ2n) is 6.85. The fourth-order valence-corrected chi connectivity index (χ4v) is 3.68. The minimum absolute atomic E-state index is 0.164. The van der Waals surface area contributed by atoms with Gasteiger partial charge < -0.3 is 10.2 Å². The molecule has 1 unspecified atom stereocenters. The molecular formula is C20H20N4O3. The Labute approximate surface area is 156 Å². The van der Waals surface area contributed by atoms with Crippen molar-refractivity contribution in [3.63, 3.8) is 0 Å². The van der Waals surface area contributed by atoms with Gasteiger partial charge in [0.05, 0.1) is 5.69 Å². The number of rotatable bonds is 4. The van der Waals surface area contributed by atoms with Crippen molar-refractivity contribution >= 4 is 17.7 Å². The van der Waals surface area contributed by atoms with Crippen LogP contribution < -0.4 is 10.6 Å². The van der Waals surface area contributed by atoms with E-state index in [1.54, 1.807) is 17.2 Å². The number of fused-ring (bicyclic) bond motifs is 1. The summed E-state index contributed by atoms with van der Waals surface area (Å²) < 4.78 is 0. The number of piperidine rings is 1. The number of hydrogen-bond donors (Lipinski definition) is 2. The highest BCUT2D eigenvalue weighted by atomic mass is 16.2. The fourth-order valence-electron chi connectivity index (χ4n) is 3.68. The average Bonchev–Trinajstić information content (AvgIpc) is 2.98. The van der Waals surface area contributed by atoms with Crippen molar-refractivity contribution in [3.8, 4) is 11.3 Å². The highest BCUT2D eigenvalue weighted by molar-refractivity contribution is 6.05. The van der Waals surface area contributed by atoms with Gasteiger partial charge in [-0.15, -0.1) is 0 Å². The highest BCUT2D eigenvalue weighted by Gasteiger charge is 2.39. The molecule has 7 nitrogen and oxygen atoms in total. The molecule has 1 atom stereocenters. The Morgan fingerprint density at radius 1 is 1.22 bits per heavy atom. The number of carbonyl (C=O) groups is 3. The molecule has 27 heavy (non-hydrogen) atoms. The van der Waals surface area contributed by atoms with Gasteiger partial charge in [0.25, 0.3) is 5.91 Å². The molecule has 2 aliphatic heterocycles. The minimum Gasteiger partial charge on any atom is -0.322 e. The zero-order chi connectivity index (χ0) is 19.0. The van der Waals surface area contributed by atoms with Crippen LogP contribution in [0.25, 0.3) is 11.3 Å². The maximum atomic E-state index is 12.7. The summed E-state index contributed by atoms with van der Waals surface area (Å²) in [4.78, 5) is 42.2. The molecular weight excluding hydrogens is 344 g/mol. The number of amides is 3. The number of benzene rings is 1. The monoisotopic (exact) mass is 364 g/mol. The number of pyridine rings is 1. The molecule has 1 fully saturated rings. The molecule has 2 N–H and O–H groups in total. The lowest BCUT2D eigenvalue weighted by Crippen LogP contribution is -2.52. The summed E-state index contributed by atoms with van der Waals surface area (Å²) in [6.45, 7) is 1.12. The van der Waals surface area contributed by atoms with Crippen LogP contribution in [-0.4, -0.2) is 40.7 Å². The topological polar surface area (TPSA) is 91.4 Å². The molecule has 138 valence electrons. The fraction of sp³-hybridized carbons (Fsp3) is 0.300. The number of imide groups is 1. The lowest BCUT2D eigenvalue weighted by atomic mass is 10.0. The molecule has 3 amide bonds. The third-order valence-electron chi connectivity index (χ3n) is 5.02. The smallest absolute Gasteiger partial charge is 0.255 e. The predicted octanol–water partition coefficient (Wildman–Crippen LogP) is 1.23. The van der Waals surface area contributed by atoms with E-state index in [1.165, 1.54) is 0 Å². The van der Waals surface area contributed by atoms with Gasteiger partial charge in [-0.1, -0.05) is 6.07 Å². The van der Waals surface area contributed by atoms with Gasteiger partial charge in [-0.25, -0.2) is 0 Å². The third-order valence-corrected chi connectivity index (χ3v) is 5.02. The van der Waals surface area contributed by atoms with Gasteiger partial charge in [-0.3, -0.25) is 24.7 Å². The second-order valence-corrected chi connectivity index (χ2v) is 6.85. The number of nitrogens with one attached hydrogen (secondary N) is 2. The number of aromatic nitrogens is 1. The van der Waals surface area contributed by atoms with Crippen molar-refractivity contribution in [1.82, 2.24) is 20.5 Å². The summed E-state index contributed by atoms with van der Waals surface area (Å²) in [5.74, 6) is -0.841. The van der Waals surface area contributed by atoms with E-state index in [2.05, 4.69) is 15.6 Å². The summed E-state index contributed by atoms with van der Waals surface area (Å²) in [7, 11) is 1.89. The molecule has 0 spiro atoms. The molecule has 3 heterocycles. The molecule has 0 radical (unpaired) electrons.